The minimum absolute atomic E-state index is 0.235. The van der Waals surface area contributed by atoms with Crippen LogP contribution in [0.15, 0.2) is 42.6 Å². The average molecular weight is 352 g/mol. The van der Waals surface area contributed by atoms with E-state index in [-0.39, 0.29) is 6.04 Å². The van der Waals surface area contributed by atoms with Crippen molar-refractivity contribution >= 4 is 6.29 Å². The molecule has 1 aromatic carbocycles. The molecule has 2 aromatic rings. The van der Waals surface area contributed by atoms with Crippen molar-refractivity contribution in [2.45, 2.75) is 57.1 Å². The highest BCUT2D eigenvalue weighted by molar-refractivity contribution is 5.74. The van der Waals surface area contributed by atoms with Crippen molar-refractivity contribution in [1.29, 1.82) is 0 Å². The molecule has 0 aliphatic heterocycles. The van der Waals surface area contributed by atoms with Gasteiger partial charge in [0.05, 0.1) is 6.10 Å². The number of nitrogens with one attached hydrogen (secondary N) is 1. The lowest BCUT2D eigenvalue weighted by Gasteiger charge is -2.21. The summed E-state index contributed by atoms with van der Waals surface area (Å²) in [7, 11) is 0. The Labute approximate surface area is 155 Å². The number of pyridine rings is 1. The smallest absolute Gasteiger partial charge is 0.150 e. The molecule has 1 aliphatic carbocycles. The quantitative estimate of drug-likeness (QED) is 0.709. The molecule has 1 heterocycles. The molecule has 2 N–H and O–H groups in total. The van der Waals surface area contributed by atoms with Crippen LogP contribution < -0.4 is 5.32 Å². The van der Waals surface area contributed by atoms with Gasteiger partial charge >= 0.3 is 0 Å². The minimum Gasteiger partial charge on any atom is -0.387 e. The third-order valence-electron chi connectivity index (χ3n) is 5.29. The molecular formula is C22H28N2O2. The van der Waals surface area contributed by atoms with Gasteiger partial charge in [0.1, 0.15) is 6.29 Å². The van der Waals surface area contributed by atoms with E-state index in [1.807, 2.05) is 42.6 Å². The molecule has 1 aromatic heterocycles. The van der Waals surface area contributed by atoms with E-state index in [2.05, 4.69) is 17.2 Å². The van der Waals surface area contributed by atoms with Crippen LogP contribution in [0, 0.1) is 0 Å². The van der Waals surface area contributed by atoms with Gasteiger partial charge in [0.25, 0.3) is 0 Å². The number of aliphatic hydroxyl groups excluding tert-OH is 1. The Kier molecular flexibility index (Phi) is 6.53. The van der Waals surface area contributed by atoms with Gasteiger partial charge in [-0.2, -0.15) is 0 Å². The number of nitrogens with zero attached hydrogens (tertiary/aromatic N) is 1. The molecule has 4 nitrogen and oxygen atoms in total. The molecule has 0 unspecified atom stereocenters. The molecule has 26 heavy (non-hydrogen) atoms. The first-order valence-electron chi connectivity index (χ1n) is 9.57. The van der Waals surface area contributed by atoms with Crippen LogP contribution in [0.3, 0.4) is 0 Å². The van der Waals surface area contributed by atoms with Crippen LogP contribution in [0.25, 0.3) is 0 Å². The first-order valence-corrected chi connectivity index (χ1v) is 9.57. The van der Waals surface area contributed by atoms with E-state index >= 15 is 0 Å². The number of carbonyl (C=O) groups is 1. The van der Waals surface area contributed by atoms with Gasteiger partial charge in [0, 0.05) is 41.5 Å². The van der Waals surface area contributed by atoms with Crippen LogP contribution in [0.5, 0.6) is 0 Å². The van der Waals surface area contributed by atoms with Crippen molar-refractivity contribution in [2.75, 3.05) is 6.54 Å². The Morgan fingerprint density at radius 2 is 1.96 bits per heavy atom. The summed E-state index contributed by atoms with van der Waals surface area (Å²) < 4.78 is 0. The highest BCUT2D eigenvalue weighted by Crippen LogP contribution is 2.36. The van der Waals surface area contributed by atoms with Crippen LogP contribution >= 0.6 is 0 Å². The van der Waals surface area contributed by atoms with E-state index in [9.17, 15) is 9.90 Å². The fourth-order valence-electron chi connectivity index (χ4n) is 3.83. The van der Waals surface area contributed by atoms with E-state index in [0.717, 1.165) is 24.0 Å². The highest BCUT2D eigenvalue weighted by atomic mass is 16.3. The van der Waals surface area contributed by atoms with Gasteiger partial charge in [0.15, 0.2) is 0 Å². The number of aromatic nitrogens is 1. The maximum Gasteiger partial charge on any atom is 0.150 e. The standard InChI is InChI=1S/C22H28N2O2/c1-16(13-17-8-10-18(15-25)11-9-17)24-14-21(26)20-7-4-12-23-22(20)19-5-2-3-6-19/h4,7-12,15-16,19,21,24,26H,2-3,5-6,13-14H2,1H3/t16-,21+/m1/s1. The average Bonchev–Trinajstić information content (AvgIpc) is 3.21. The molecular weight excluding hydrogens is 324 g/mol. The van der Waals surface area contributed by atoms with Crippen molar-refractivity contribution < 1.29 is 9.90 Å². The summed E-state index contributed by atoms with van der Waals surface area (Å²) in [6, 6.07) is 11.8. The van der Waals surface area contributed by atoms with E-state index < -0.39 is 6.10 Å². The number of carbonyl (C=O) groups excluding carboxylic acids is 1. The van der Waals surface area contributed by atoms with E-state index in [4.69, 9.17) is 0 Å². The highest BCUT2D eigenvalue weighted by Gasteiger charge is 2.23. The Hall–Kier alpha value is -2.04. The Morgan fingerprint density at radius 1 is 1.23 bits per heavy atom. The summed E-state index contributed by atoms with van der Waals surface area (Å²) in [5.41, 5.74) is 3.92. The second kappa shape index (κ2) is 9.06. The van der Waals surface area contributed by atoms with Crippen LogP contribution in [-0.2, 0) is 6.42 Å². The summed E-state index contributed by atoms with van der Waals surface area (Å²) in [5, 5.41) is 14.1. The zero-order valence-corrected chi connectivity index (χ0v) is 15.4. The Balaban J connectivity index is 1.56. The first kappa shape index (κ1) is 18.7. The molecule has 0 saturated heterocycles. The molecule has 138 valence electrons. The van der Waals surface area contributed by atoms with Crippen LogP contribution in [0.2, 0.25) is 0 Å². The van der Waals surface area contributed by atoms with Gasteiger partial charge in [0.2, 0.25) is 0 Å². The lowest BCUT2D eigenvalue weighted by molar-refractivity contribution is 0.112. The fourth-order valence-corrected chi connectivity index (χ4v) is 3.83. The predicted molar refractivity (Wildman–Crippen MR) is 103 cm³/mol. The number of hydrogen-bond donors (Lipinski definition) is 2. The van der Waals surface area contributed by atoms with Crippen molar-refractivity contribution in [1.82, 2.24) is 10.3 Å². The molecule has 1 fully saturated rings. The first-order chi connectivity index (χ1) is 12.7. The summed E-state index contributed by atoms with van der Waals surface area (Å²) in [4.78, 5) is 15.3. The molecule has 0 amide bonds. The Morgan fingerprint density at radius 3 is 2.65 bits per heavy atom. The minimum atomic E-state index is -0.542. The van der Waals surface area contributed by atoms with E-state index in [1.54, 1.807) is 0 Å². The third kappa shape index (κ3) is 4.77. The monoisotopic (exact) mass is 352 g/mol. The van der Waals surface area contributed by atoms with E-state index in [1.165, 1.54) is 31.2 Å². The largest absolute Gasteiger partial charge is 0.387 e. The van der Waals surface area contributed by atoms with Crippen LogP contribution in [0.4, 0.5) is 0 Å². The lowest BCUT2D eigenvalue weighted by atomic mass is 9.95. The Bertz CT molecular complexity index is 708. The van der Waals surface area contributed by atoms with Crippen molar-refractivity contribution in [2.24, 2.45) is 0 Å². The second-order valence-electron chi connectivity index (χ2n) is 7.35. The van der Waals surface area contributed by atoms with Gasteiger partial charge in [-0.15, -0.1) is 0 Å². The molecule has 0 radical (unpaired) electrons. The van der Waals surface area contributed by atoms with Crippen molar-refractivity contribution in [3.8, 4) is 0 Å². The number of aliphatic hydroxyl groups is 1. The molecule has 1 aliphatic rings. The normalized spacial score (nSPS) is 17.2. The fraction of sp³-hybridized carbons (Fsp3) is 0.455. The summed E-state index contributed by atoms with van der Waals surface area (Å²) in [6.45, 7) is 2.63. The van der Waals surface area contributed by atoms with Crippen molar-refractivity contribution in [3.63, 3.8) is 0 Å². The molecule has 0 bridgehead atoms. The number of aldehydes is 1. The third-order valence-corrected chi connectivity index (χ3v) is 5.29. The summed E-state index contributed by atoms with van der Waals surface area (Å²) in [6.07, 6.45) is 7.88. The van der Waals surface area contributed by atoms with Crippen LogP contribution in [0.1, 0.15) is 71.8 Å². The van der Waals surface area contributed by atoms with Gasteiger partial charge in [-0.1, -0.05) is 43.2 Å². The van der Waals surface area contributed by atoms with Gasteiger partial charge in [-0.3, -0.25) is 9.78 Å². The molecule has 3 rings (SSSR count). The maximum absolute atomic E-state index is 10.7. The van der Waals surface area contributed by atoms with Gasteiger partial charge < -0.3 is 10.4 Å². The zero-order valence-electron chi connectivity index (χ0n) is 15.4. The number of hydrogen-bond acceptors (Lipinski definition) is 4. The second-order valence-corrected chi connectivity index (χ2v) is 7.35. The maximum atomic E-state index is 10.7. The number of rotatable bonds is 8. The molecule has 0 spiro atoms. The summed E-state index contributed by atoms with van der Waals surface area (Å²) >= 11 is 0. The number of benzene rings is 1. The van der Waals surface area contributed by atoms with Crippen molar-refractivity contribution in [3.05, 3.63) is 65.0 Å². The molecule has 2 atom stereocenters. The zero-order chi connectivity index (χ0) is 18.4. The topological polar surface area (TPSA) is 62.2 Å². The van der Waals surface area contributed by atoms with Crippen LogP contribution in [-0.4, -0.2) is 29.0 Å². The SMILES string of the molecule is C[C@H](Cc1ccc(C=O)cc1)NC[C@H](O)c1cccnc1C1CCCC1. The van der Waals surface area contributed by atoms with Gasteiger partial charge in [-0.05, 0) is 37.8 Å². The summed E-state index contributed by atoms with van der Waals surface area (Å²) in [5.74, 6) is 0.495. The van der Waals surface area contributed by atoms with E-state index in [0.29, 0.717) is 18.0 Å². The molecule has 1 saturated carbocycles. The van der Waals surface area contributed by atoms with Gasteiger partial charge in [-0.25, -0.2) is 0 Å². The predicted octanol–water partition coefficient (Wildman–Crippen LogP) is 3.81. The lowest BCUT2D eigenvalue weighted by Crippen LogP contribution is -2.32. The molecule has 4 heteroatoms.